The van der Waals surface area contributed by atoms with Crippen molar-refractivity contribution in [3.63, 3.8) is 0 Å². The van der Waals surface area contributed by atoms with Crippen molar-refractivity contribution >= 4 is 23.1 Å². The van der Waals surface area contributed by atoms with E-state index in [0.29, 0.717) is 5.92 Å². The molecule has 1 aliphatic heterocycles. The van der Waals surface area contributed by atoms with E-state index in [-0.39, 0.29) is 0 Å². The number of rotatable bonds is 1. The zero-order chi connectivity index (χ0) is 11.0. The van der Waals surface area contributed by atoms with Gasteiger partial charge in [0.2, 0.25) is 0 Å². The number of nitrogens with two attached hydrogens (primary N) is 1. The first kappa shape index (κ1) is 9.96. The number of nitrogen functional groups attached to an aromatic ring is 1. The number of thioether (sulfide) groups is 1. The van der Waals surface area contributed by atoms with E-state index < -0.39 is 0 Å². The van der Waals surface area contributed by atoms with E-state index in [4.69, 9.17) is 5.73 Å². The third-order valence-electron chi connectivity index (χ3n) is 2.90. The van der Waals surface area contributed by atoms with E-state index in [1.165, 1.54) is 18.6 Å². The highest BCUT2D eigenvalue weighted by atomic mass is 32.2. The van der Waals surface area contributed by atoms with Crippen molar-refractivity contribution in [2.24, 2.45) is 0 Å². The predicted octanol–water partition coefficient (Wildman–Crippen LogP) is 1.92. The van der Waals surface area contributed by atoms with Crippen LogP contribution in [0.25, 0.3) is 5.65 Å². The summed E-state index contributed by atoms with van der Waals surface area (Å²) < 4.78 is 1.81. The van der Waals surface area contributed by atoms with Gasteiger partial charge in [0.25, 0.3) is 0 Å². The Morgan fingerprint density at radius 1 is 1.50 bits per heavy atom. The summed E-state index contributed by atoms with van der Waals surface area (Å²) in [6.45, 7) is 0. The Labute approximate surface area is 98.2 Å². The molecule has 1 atom stereocenters. The van der Waals surface area contributed by atoms with Crippen molar-refractivity contribution < 1.29 is 0 Å². The molecule has 0 saturated carbocycles. The molecule has 4 nitrogen and oxygen atoms in total. The van der Waals surface area contributed by atoms with E-state index >= 15 is 0 Å². The largest absolute Gasteiger partial charge is 0.399 e. The minimum Gasteiger partial charge on any atom is -0.399 e. The van der Waals surface area contributed by atoms with E-state index in [0.717, 1.165) is 22.9 Å². The van der Waals surface area contributed by atoms with Crippen LogP contribution in [0.4, 0.5) is 5.69 Å². The van der Waals surface area contributed by atoms with Crippen LogP contribution in [0.3, 0.4) is 0 Å². The van der Waals surface area contributed by atoms with E-state index in [9.17, 15) is 0 Å². The van der Waals surface area contributed by atoms with Gasteiger partial charge in [-0.2, -0.15) is 16.9 Å². The molecule has 84 valence electrons. The molecule has 1 aliphatic rings. The third kappa shape index (κ3) is 1.75. The number of aromatic nitrogens is 3. The van der Waals surface area contributed by atoms with Gasteiger partial charge in [-0.15, -0.1) is 0 Å². The molecule has 3 rings (SSSR count). The van der Waals surface area contributed by atoms with Crippen LogP contribution in [-0.4, -0.2) is 26.1 Å². The van der Waals surface area contributed by atoms with Crippen molar-refractivity contribution in [2.45, 2.75) is 18.8 Å². The van der Waals surface area contributed by atoms with Gasteiger partial charge >= 0.3 is 0 Å². The SMILES string of the molecule is Nc1ccn2nc(C3CCCSC3)nc2c1. The lowest BCUT2D eigenvalue weighted by Crippen LogP contribution is -2.10. The van der Waals surface area contributed by atoms with Gasteiger partial charge in [0.1, 0.15) is 0 Å². The summed E-state index contributed by atoms with van der Waals surface area (Å²) in [6, 6.07) is 3.72. The fraction of sp³-hybridized carbons (Fsp3) is 0.455. The molecule has 0 spiro atoms. The van der Waals surface area contributed by atoms with Gasteiger partial charge in [-0.3, -0.25) is 0 Å². The summed E-state index contributed by atoms with van der Waals surface area (Å²) in [6.07, 6.45) is 4.35. The summed E-state index contributed by atoms with van der Waals surface area (Å²) in [7, 11) is 0. The summed E-state index contributed by atoms with van der Waals surface area (Å²) in [5, 5.41) is 4.51. The van der Waals surface area contributed by atoms with Crippen molar-refractivity contribution in [1.82, 2.24) is 14.6 Å². The minimum absolute atomic E-state index is 0.514. The standard InChI is InChI=1S/C11H14N4S/c12-9-3-4-15-10(6-9)13-11(14-15)8-2-1-5-16-7-8/h3-4,6,8H,1-2,5,7,12H2. The number of hydrogen-bond acceptors (Lipinski definition) is 4. The molecule has 1 unspecified atom stereocenters. The second-order valence-corrected chi connectivity index (χ2v) is 5.30. The monoisotopic (exact) mass is 234 g/mol. The minimum atomic E-state index is 0.514. The average Bonchev–Trinajstić information content (AvgIpc) is 2.73. The van der Waals surface area contributed by atoms with Crippen LogP contribution in [-0.2, 0) is 0 Å². The summed E-state index contributed by atoms with van der Waals surface area (Å²) in [5.41, 5.74) is 7.32. The fourth-order valence-corrected chi connectivity index (χ4v) is 3.17. The lowest BCUT2D eigenvalue weighted by Gasteiger charge is -2.17. The third-order valence-corrected chi connectivity index (χ3v) is 4.12. The second kappa shape index (κ2) is 3.97. The lowest BCUT2D eigenvalue weighted by molar-refractivity contribution is 0.622. The van der Waals surface area contributed by atoms with Crippen LogP contribution < -0.4 is 5.73 Å². The van der Waals surface area contributed by atoms with E-state index in [2.05, 4.69) is 10.1 Å². The van der Waals surface area contributed by atoms with Crippen LogP contribution in [0.2, 0.25) is 0 Å². The first-order chi connectivity index (χ1) is 7.83. The van der Waals surface area contributed by atoms with Gasteiger partial charge in [-0.25, -0.2) is 9.50 Å². The van der Waals surface area contributed by atoms with Gasteiger partial charge < -0.3 is 5.73 Å². The molecule has 0 bridgehead atoms. The normalized spacial score (nSPS) is 21.4. The molecule has 1 fully saturated rings. The Bertz CT molecular complexity index is 502. The van der Waals surface area contributed by atoms with Crippen molar-refractivity contribution in [2.75, 3.05) is 17.2 Å². The van der Waals surface area contributed by atoms with Crippen LogP contribution in [0.1, 0.15) is 24.6 Å². The second-order valence-electron chi connectivity index (χ2n) is 4.15. The molecule has 0 amide bonds. The van der Waals surface area contributed by atoms with Gasteiger partial charge in [-0.05, 0) is 24.7 Å². The highest BCUT2D eigenvalue weighted by Crippen LogP contribution is 2.29. The molecule has 0 aromatic carbocycles. The zero-order valence-electron chi connectivity index (χ0n) is 8.97. The van der Waals surface area contributed by atoms with Crippen LogP contribution >= 0.6 is 11.8 Å². The van der Waals surface area contributed by atoms with Crippen molar-refractivity contribution in [3.05, 3.63) is 24.2 Å². The molecule has 2 aromatic heterocycles. The van der Waals surface area contributed by atoms with Crippen LogP contribution in [0.5, 0.6) is 0 Å². The summed E-state index contributed by atoms with van der Waals surface area (Å²) in [5.74, 6) is 3.90. The number of pyridine rings is 1. The first-order valence-corrected chi connectivity index (χ1v) is 6.68. The van der Waals surface area contributed by atoms with Crippen LogP contribution in [0.15, 0.2) is 18.3 Å². The quantitative estimate of drug-likeness (QED) is 0.819. The topological polar surface area (TPSA) is 56.2 Å². The average molecular weight is 234 g/mol. The molecule has 2 N–H and O–H groups in total. The molecule has 1 saturated heterocycles. The van der Waals surface area contributed by atoms with Gasteiger partial charge in [0, 0.05) is 29.6 Å². The van der Waals surface area contributed by atoms with Crippen molar-refractivity contribution in [1.29, 1.82) is 0 Å². The van der Waals surface area contributed by atoms with Gasteiger partial charge in [0.15, 0.2) is 11.5 Å². The van der Waals surface area contributed by atoms with Crippen molar-refractivity contribution in [3.8, 4) is 0 Å². The summed E-state index contributed by atoms with van der Waals surface area (Å²) >= 11 is 2.00. The lowest BCUT2D eigenvalue weighted by atomic mass is 10.1. The highest BCUT2D eigenvalue weighted by Gasteiger charge is 2.20. The molecular formula is C11H14N4S. The molecule has 0 radical (unpaired) electrons. The summed E-state index contributed by atoms with van der Waals surface area (Å²) in [4.78, 5) is 4.56. The maximum Gasteiger partial charge on any atom is 0.157 e. The number of nitrogens with zero attached hydrogens (tertiary/aromatic N) is 3. The fourth-order valence-electron chi connectivity index (χ4n) is 2.03. The Kier molecular flexibility index (Phi) is 2.47. The predicted molar refractivity (Wildman–Crippen MR) is 66.7 cm³/mol. The van der Waals surface area contributed by atoms with E-state index in [1.807, 2.05) is 34.6 Å². The molecule has 0 aliphatic carbocycles. The van der Waals surface area contributed by atoms with Crippen LogP contribution in [0, 0.1) is 0 Å². The smallest absolute Gasteiger partial charge is 0.157 e. The first-order valence-electron chi connectivity index (χ1n) is 5.52. The van der Waals surface area contributed by atoms with E-state index in [1.54, 1.807) is 0 Å². The van der Waals surface area contributed by atoms with Gasteiger partial charge in [-0.1, -0.05) is 0 Å². The Morgan fingerprint density at radius 3 is 3.25 bits per heavy atom. The van der Waals surface area contributed by atoms with Gasteiger partial charge in [0.05, 0.1) is 0 Å². The number of fused-ring (bicyclic) bond motifs is 1. The maximum atomic E-state index is 5.73. The Hall–Kier alpha value is -1.23. The zero-order valence-corrected chi connectivity index (χ0v) is 9.78. The molecule has 16 heavy (non-hydrogen) atoms. The number of hydrogen-bond donors (Lipinski definition) is 1. The maximum absolute atomic E-state index is 5.73. The molecule has 2 aromatic rings. The molecule has 5 heteroatoms. The Balaban J connectivity index is 1.97. The Morgan fingerprint density at radius 2 is 2.44 bits per heavy atom. The molecule has 3 heterocycles. The highest BCUT2D eigenvalue weighted by molar-refractivity contribution is 7.99. The number of anilines is 1. The molecular weight excluding hydrogens is 220 g/mol.